The molecule has 1 heterocycles. The summed E-state index contributed by atoms with van der Waals surface area (Å²) in [5, 5.41) is 6.42. The SMILES string of the molecule is CCCCc1ccc[n+](CC(O)(P(=O)(O)O)P(=O)(O)O)c1. The Labute approximate surface area is 122 Å². The van der Waals surface area contributed by atoms with Crippen LogP contribution in [0.4, 0.5) is 0 Å². The lowest BCUT2D eigenvalue weighted by atomic mass is 10.1. The van der Waals surface area contributed by atoms with E-state index in [1.54, 1.807) is 12.1 Å². The molecule has 0 radical (unpaired) electrons. The Bertz CT molecular complexity index is 558. The van der Waals surface area contributed by atoms with Gasteiger partial charge in [-0.3, -0.25) is 9.13 Å². The molecule has 0 bridgehead atoms. The normalized spacial score (nSPS) is 13.4. The van der Waals surface area contributed by atoms with E-state index in [0.717, 1.165) is 24.8 Å². The molecule has 0 aliphatic heterocycles. The van der Waals surface area contributed by atoms with Crippen LogP contribution in [0.2, 0.25) is 0 Å². The van der Waals surface area contributed by atoms with E-state index in [1.165, 1.54) is 17.0 Å². The second-order valence-corrected chi connectivity index (χ2v) is 8.86. The second kappa shape index (κ2) is 6.67. The third-order valence-corrected chi connectivity index (χ3v) is 6.78. The van der Waals surface area contributed by atoms with Crippen molar-refractivity contribution in [2.75, 3.05) is 0 Å². The van der Waals surface area contributed by atoms with Crippen LogP contribution in [0, 0.1) is 0 Å². The molecule has 0 fully saturated rings. The first kappa shape index (κ1) is 18.5. The fraction of sp³-hybridized carbons (Fsp3) is 0.545. The number of unbranched alkanes of at least 4 members (excludes halogenated alkanes) is 1. The van der Waals surface area contributed by atoms with Crippen molar-refractivity contribution in [3.63, 3.8) is 0 Å². The summed E-state index contributed by atoms with van der Waals surface area (Å²) in [6, 6.07) is 3.38. The Hall–Kier alpha value is -0.590. The van der Waals surface area contributed by atoms with Crippen molar-refractivity contribution < 1.29 is 38.4 Å². The van der Waals surface area contributed by atoms with Crippen LogP contribution in [0.1, 0.15) is 25.3 Å². The molecule has 0 saturated carbocycles. The van der Waals surface area contributed by atoms with Gasteiger partial charge in [0, 0.05) is 11.6 Å². The highest BCUT2D eigenvalue weighted by Gasteiger charge is 2.62. The molecule has 1 aromatic heterocycles. The molecule has 1 rings (SSSR count). The molecule has 0 aliphatic rings. The molecule has 0 unspecified atom stereocenters. The maximum atomic E-state index is 11.3. The zero-order valence-electron chi connectivity index (χ0n) is 11.5. The van der Waals surface area contributed by atoms with E-state index in [0.29, 0.717) is 0 Å². The molecule has 0 aromatic carbocycles. The lowest BCUT2D eigenvalue weighted by Gasteiger charge is -2.26. The van der Waals surface area contributed by atoms with E-state index < -0.39 is 26.8 Å². The summed E-state index contributed by atoms with van der Waals surface area (Å²) in [7, 11) is -10.9. The summed E-state index contributed by atoms with van der Waals surface area (Å²) < 4.78 is 23.8. The third-order valence-electron chi connectivity index (χ3n) is 3.07. The van der Waals surface area contributed by atoms with Crippen LogP contribution < -0.4 is 4.57 Å². The highest BCUT2D eigenvalue weighted by atomic mass is 31.2. The van der Waals surface area contributed by atoms with Gasteiger partial charge in [0.1, 0.15) is 0 Å². The Morgan fingerprint density at radius 1 is 1.19 bits per heavy atom. The van der Waals surface area contributed by atoms with E-state index in [1.807, 2.05) is 6.92 Å². The van der Waals surface area contributed by atoms with Crippen molar-refractivity contribution in [3.8, 4) is 0 Å². The predicted molar refractivity (Wildman–Crippen MR) is 74.3 cm³/mol. The molecule has 8 nitrogen and oxygen atoms in total. The molecular formula is C11H20NO7P2+. The van der Waals surface area contributed by atoms with Gasteiger partial charge in [0.05, 0.1) is 0 Å². The van der Waals surface area contributed by atoms with E-state index in [4.69, 9.17) is 19.6 Å². The number of pyridine rings is 1. The topological polar surface area (TPSA) is 139 Å². The van der Waals surface area contributed by atoms with Crippen molar-refractivity contribution in [1.29, 1.82) is 0 Å². The van der Waals surface area contributed by atoms with Gasteiger partial charge in [-0.1, -0.05) is 13.3 Å². The number of hydrogen-bond donors (Lipinski definition) is 5. The maximum Gasteiger partial charge on any atom is 0.376 e. The first-order valence-electron chi connectivity index (χ1n) is 6.33. The molecule has 1 aromatic rings. The first-order chi connectivity index (χ1) is 9.51. The summed E-state index contributed by atoms with van der Waals surface area (Å²) in [6.45, 7) is 1.11. The van der Waals surface area contributed by atoms with Crippen molar-refractivity contribution in [2.24, 2.45) is 0 Å². The van der Waals surface area contributed by atoms with Crippen LogP contribution >= 0.6 is 15.2 Å². The van der Waals surface area contributed by atoms with Crippen LogP contribution in [0.25, 0.3) is 0 Å². The highest BCUT2D eigenvalue weighted by molar-refractivity contribution is 7.72. The molecule has 10 heteroatoms. The fourth-order valence-electron chi connectivity index (χ4n) is 1.80. The van der Waals surface area contributed by atoms with Crippen LogP contribution in [0.15, 0.2) is 24.5 Å². The monoisotopic (exact) mass is 340 g/mol. The average Bonchev–Trinajstić information content (AvgIpc) is 2.34. The summed E-state index contributed by atoms with van der Waals surface area (Å²) in [5.74, 6) is 0. The molecule has 0 spiro atoms. The predicted octanol–water partition coefficient (Wildman–Crippen LogP) is 0.318. The number of nitrogens with zero attached hydrogens (tertiary/aromatic N) is 1. The molecule has 0 atom stereocenters. The fourth-order valence-corrected chi connectivity index (χ4v) is 3.85. The van der Waals surface area contributed by atoms with Crippen LogP contribution in [0.5, 0.6) is 0 Å². The maximum absolute atomic E-state index is 11.3. The quantitative estimate of drug-likeness (QED) is 0.356. The lowest BCUT2D eigenvalue weighted by molar-refractivity contribution is -0.703. The smallest absolute Gasteiger partial charge is 0.363 e. The van der Waals surface area contributed by atoms with Gasteiger partial charge in [-0.15, -0.1) is 0 Å². The Morgan fingerprint density at radius 2 is 1.76 bits per heavy atom. The van der Waals surface area contributed by atoms with Crippen molar-refractivity contribution >= 4 is 15.2 Å². The van der Waals surface area contributed by atoms with Crippen LogP contribution in [0.3, 0.4) is 0 Å². The number of aromatic nitrogens is 1. The zero-order valence-corrected chi connectivity index (χ0v) is 13.3. The second-order valence-electron chi connectivity index (χ2n) is 4.85. The van der Waals surface area contributed by atoms with Gasteiger partial charge in [-0.2, -0.15) is 0 Å². The van der Waals surface area contributed by atoms with E-state index in [9.17, 15) is 14.2 Å². The molecule has 5 N–H and O–H groups in total. The summed E-state index contributed by atoms with van der Waals surface area (Å²) in [5.41, 5.74) is 0.845. The lowest BCUT2D eigenvalue weighted by Crippen LogP contribution is -2.47. The summed E-state index contributed by atoms with van der Waals surface area (Å²) in [4.78, 5) is 36.4. The van der Waals surface area contributed by atoms with E-state index in [-0.39, 0.29) is 0 Å². The number of aliphatic hydroxyl groups is 1. The van der Waals surface area contributed by atoms with Gasteiger partial charge < -0.3 is 24.7 Å². The summed E-state index contributed by atoms with van der Waals surface area (Å²) >= 11 is 0. The van der Waals surface area contributed by atoms with Gasteiger partial charge >= 0.3 is 20.3 Å². The Balaban J connectivity index is 3.12. The van der Waals surface area contributed by atoms with Crippen LogP contribution in [-0.2, 0) is 22.1 Å². The third kappa shape index (κ3) is 4.44. The van der Waals surface area contributed by atoms with E-state index in [2.05, 4.69) is 0 Å². The average molecular weight is 340 g/mol. The minimum absolute atomic E-state index is 0.724. The molecule has 21 heavy (non-hydrogen) atoms. The van der Waals surface area contributed by atoms with Gasteiger partial charge in [0.15, 0.2) is 12.4 Å². The zero-order chi connectivity index (χ0) is 16.3. The highest BCUT2D eigenvalue weighted by Crippen LogP contribution is 2.67. The Morgan fingerprint density at radius 3 is 2.24 bits per heavy atom. The van der Waals surface area contributed by atoms with Crippen molar-refractivity contribution in [2.45, 2.75) is 37.8 Å². The molecule has 120 valence electrons. The van der Waals surface area contributed by atoms with Crippen molar-refractivity contribution in [3.05, 3.63) is 30.1 Å². The van der Waals surface area contributed by atoms with Gasteiger partial charge in [-0.25, -0.2) is 4.57 Å². The first-order valence-corrected chi connectivity index (χ1v) is 9.55. The number of hydrogen-bond acceptors (Lipinski definition) is 3. The van der Waals surface area contributed by atoms with Crippen LogP contribution in [-0.4, -0.2) is 29.8 Å². The number of aryl methyl sites for hydroxylation is 1. The minimum atomic E-state index is -5.44. The number of rotatable bonds is 7. The minimum Gasteiger partial charge on any atom is -0.363 e. The molecule has 0 saturated heterocycles. The largest absolute Gasteiger partial charge is 0.376 e. The van der Waals surface area contributed by atoms with Gasteiger partial charge in [0.25, 0.3) is 0 Å². The molecule has 0 amide bonds. The van der Waals surface area contributed by atoms with Gasteiger partial charge in [0.2, 0.25) is 6.54 Å². The van der Waals surface area contributed by atoms with Crippen molar-refractivity contribution in [1.82, 2.24) is 0 Å². The standard InChI is InChI=1S/C11H19NO7P2/c1-2-3-5-10-6-4-7-12(8-10)9-11(13,20(14,15)16)21(17,18)19/h4,6-8,13H,2-3,5,9H2,1H3,(H3-,14,15,16,17,18,19)/p+1. The Kier molecular flexibility index (Phi) is 5.86. The van der Waals surface area contributed by atoms with E-state index >= 15 is 0 Å². The molecule has 0 aliphatic carbocycles. The van der Waals surface area contributed by atoms with Gasteiger partial charge in [-0.05, 0) is 18.9 Å². The molecular weight excluding hydrogens is 320 g/mol. The summed E-state index contributed by atoms with van der Waals surface area (Å²) in [6.07, 6.45) is 5.48.